The van der Waals surface area contributed by atoms with Crippen molar-refractivity contribution in [3.63, 3.8) is 0 Å². The van der Waals surface area contributed by atoms with Gasteiger partial charge in [-0.2, -0.15) is 4.98 Å². The molecular formula is C17H23N5O2. The van der Waals surface area contributed by atoms with E-state index in [9.17, 15) is 9.90 Å². The quantitative estimate of drug-likeness (QED) is 0.781. The first kappa shape index (κ1) is 15.5. The number of nitrogens with two attached hydrogens (primary N) is 1. The number of anilines is 1. The van der Waals surface area contributed by atoms with Gasteiger partial charge in [-0.05, 0) is 57.3 Å². The van der Waals surface area contributed by atoms with Crippen LogP contribution in [0.25, 0.3) is 0 Å². The van der Waals surface area contributed by atoms with Gasteiger partial charge in [0.15, 0.2) is 0 Å². The second-order valence-corrected chi connectivity index (χ2v) is 7.42. The maximum Gasteiger partial charge on any atom is 0.254 e. The third-order valence-electron chi connectivity index (χ3n) is 5.61. The first-order valence-corrected chi connectivity index (χ1v) is 8.72. The topological polar surface area (TPSA) is 113 Å². The van der Waals surface area contributed by atoms with Gasteiger partial charge in [0, 0.05) is 17.4 Å². The molecule has 1 aromatic rings. The third-order valence-corrected chi connectivity index (χ3v) is 5.61. The monoisotopic (exact) mass is 329 g/mol. The summed E-state index contributed by atoms with van der Waals surface area (Å²) in [7, 11) is 0. The molecule has 7 heteroatoms. The van der Waals surface area contributed by atoms with Crippen LogP contribution in [-0.2, 0) is 0 Å². The van der Waals surface area contributed by atoms with E-state index in [4.69, 9.17) is 5.73 Å². The molecule has 4 saturated carbocycles. The van der Waals surface area contributed by atoms with Crippen molar-refractivity contribution in [1.82, 2.24) is 9.97 Å². The smallest absolute Gasteiger partial charge is 0.254 e. The van der Waals surface area contributed by atoms with Crippen LogP contribution in [0.4, 0.5) is 11.8 Å². The minimum Gasteiger partial charge on any atom is -0.393 e. The minimum atomic E-state index is -0.525. The van der Waals surface area contributed by atoms with Crippen LogP contribution in [-0.4, -0.2) is 38.3 Å². The van der Waals surface area contributed by atoms with Crippen molar-refractivity contribution in [1.29, 1.82) is 0 Å². The summed E-state index contributed by atoms with van der Waals surface area (Å²) in [5.41, 5.74) is 6.87. The number of carbonyl (C=O) groups excluding carboxylic acids is 1. The van der Waals surface area contributed by atoms with Crippen molar-refractivity contribution in [3.05, 3.63) is 11.8 Å². The maximum absolute atomic E-state index is 11.7. The maximum atomic E-state index is 11.7. The van der Waals surface area contributed by atoms with Crippen molar-refractivity contribution >= 4 is 23.4 Å². The fraction of sp³-hybridized carbons (Fsp3) is 0.647. The second-order valence-electron chi connectivity index (χ2n) is 7.42. The average molecular weight is 329 g/mol. The fourth-order valence-electron chi connectivity index (χ4n) is 4.24. The number of carbonyl (C=O) groups is 1. The van der Waals surface area contributed by atoms with Crippen LogP contribution >= 0.6 is 0 Å². The van der Waals surface area contributed by atoms with Crippen molar-refractivity contribution in [3.8, 4) is 0 Å². The van der Waals surface area contributed by atoms with E-state index in [2.05, 4.69) is 20.3 Å². The number of aliphatic hydroxyl groups is 1. The van der Waals surface area contributed by atoms with Crippen molar-refractivity contribution in [2.45, 2.75) is 63.0 Å². The van der Waals surface area contributed by atoms with Gasteiger partial charge >= 0.3 is 0 Å². The Labute approximate surface area is 140 Å². The SMILES string of the molecule is NC(=O)c1cnc(N=C2CCC(O)CC2)nc1NC12CCC(C1)C2. The normalized spacial score (nSPS) is 31.5. The number of hydrogen-bond acceptors (Lipinski definition) is 6. The molecule has 4 fully saturated rings. The molecule has 0 aliphatic heterocycles. The van der Waals surface area contributed by atoms with Crippen LogP contribution in [0.1, 0.15) is 61.7 Å². The number of primary amides is 1. The molecule has 7 nitrogen and oxygen atoms in total. The lowest BCUT2D eigenvalue weighted by molar-refractivity contribution is 0.1000. The largest absolute Gasteiger partial charge is 0.393 e. The van der Waals surface area contributed by atoms with Gasteiger partial charge in [0.05, 0.1) is 11.7 Å². The lowest BCUT2D eigenvalue weighted by Gasteiger charge is -2.39. The van der Waals surface area contributed by atoms with E-state index in [0.717, 1.165) is 56.6 Å². The number of aliphatic imine (C=N–C) groups is 1. The van der Waals surface area contributed by atoms with Crippen LogP contribution in [0.15, 0.2) is 11.2 Å². The van der Waals surface area contributed by atoms with Gasteiger partial charge in [-0.15, -0.1) is 0 Å². The summed E-state index contributed by atoms with van der Waals surface area (Å²) in [6, 6.07) is 0. The summed E-state index contributed by atoms with van der Waals surface area (Å²) in [5.74, 6) is 1.15. The molecule has 0 atom stereocenters. The molecule has 4 aliphatic carbocycles. The molecule has 4 N–H and O–H groups in total. The van der Waals surface area contributed by atoms with E-state index >= 15 is 0 Å². The van der Waals surface area contributed by atoms with Crippen LogP contribution in [0.3, 0.4) is 0 Å². The summed E-state index contributed by atoms with van der Waals surface area (Å²) in [5, 5.41) is 13.0. The number of hydrogen-bond donors (Lipinski definition) is 3. The highest BCUT2D eigenvalue weighted by molar-refractivity contribution is 5.97. The molecule has 128 valence electrons. The van der Waals surface area contributed by atoms with E-state index in [-0.39, 0.29) is 11.6 Å². The summed E-state index contributed by atoms with van der Waals surface area (Å²) in [6.07, 6.45) is 8.84. The molecule has 1 heterocycles. The summed E-state index contributed by atoms with van der Waals surface area (Å²) in [4.78, 5) is 24.9. The Bertz CT molecular complexity index is 681. The molecule has 1 amide bonds. The first-order valence-electron chi connectivity index (χ1n) is 8.72. The van der Waals surface area contributed by atoms with Crippen LogP contribution < -0.4 is 11.1 Å². The second kappa shape index (κ2) is 5.81. The zero-order valence-electron chi connectivity index (χ0n) is 13.7. The number of nitrogens with one attached hydrogen (secondary N) is 1. The van der Waals surface area contributed by atoms with E-state index in [0.29, 0.717) is 17.3 Å². The van der Waals surface area contributed by atoms with Gasteiger partial charge in [0.1, 0.15) is 5.82 Å². The van der Waals surface area contributed by atoms with Gasteiger partial charge in [0.25, 0.3) is 11.9 Å². The standard InChI is InChI=1S/C17H23N5O2/c18-14(24)13-9-19-16(20-11-1-3-12(23)4-2-11)21-15(13)22-17-6-5-10(7-17)8-17/h9-10,12,23H,1-8H2,(H2,18,24)(H,19,21,22). The summed E-state index contributed by atoms with van der Waals surface area (Å²) < 4.78 is 0. The predicted molar refractivity (Wildman–Crippen MR) is 90.4 cm³/mol. The highest BCUT2D eigenvalue weighted by Gasteiger charge is 2.50. The fourth-order valence-corrected chi connectivity index (χ4v) is 4.24. The number of amides is 1. The number of aliphatic hydroxyl groups excluding tert-OH is 1. The zero-order chi connectivity index (χ0) is 16.7. The van der Waals surface area contributed by atoms with Crippen LogP contribution in [0.2, 0.25) is 0 Å². The predicted octanol–water partition coefficient (Wildman–Crippen LogP) is 1.94. The van der Waals surface area contributed by atoms with E-state index < -0.39 is 5.91 Å². The van der Waals surface area contributed by atoms with Gasteiger partial charge < -0.3 is 16.2 Å². The van der Waals surface area contributed by atoms with E-state index in [1.54, 1.807) is 0 Å². The summed E-state index contributed by atoms with van der Waals surface area (Å²) in [6.45, 7) is 0. The number of aromatic nitrogens is 2. The highest BCUT2D eigenvalue weighted by Crippen LogP contribution is 2.53. The molecule has 24 heavy (non-hydrogen) atoms. The Morgan fingerprint density at radius 3 is 2.71 bits per heavy atom. The molecule has 0 aromatic carbocycles. The first-order chi connectivity index (χ1) is 11.5. The van der Waals surface area contributed by atoms with E-state index in [1.165, 1.54) is 12.6 Å². The number of rotatable bonds is 4. The molecule has 1 aromatic heterocycles. The number of nitrogens with zero attached hydrogens (tertiary/aromatic N) is 3. The summed E-state index contributed by atoms with van der Waals surface area (Å²) >= 11 is 0. The van der Waals surface area contributed by atoms with Gasteiger partial charge in [-0.3, -0.25) is 4.79 Å². The van der Waals surface area contributed by atoms with Crippen molar-refractivity contribution in [2.75, 3.05) is 5.32 Å². The van der Waals surface area contributed by atoms with Crippen molar-refractivity contribution in [2.24, 2.45) is 16.6 Å². The Morgan fingerprint density at radius 1 is 1.33 bits per heavy atom. The molecular weight excluding hydrogens is 306 g/mol. The molecule has 2 bridgehead atoms. The lowest BCUT2D eigenvalue weighted by Crippen LogP contribution is -2.43. The van der Waals surface area contributed by atoms with Crippen LogP contribution in [0.5, 0.6) is 0 Å². The minimum absolute atomic E-state index is 0.0720. The molecule has 0 unspecified atom stereocenters. The Balaban J connectivity index is 1.59. The van der Waals surface area contributed by atoms with Gasteiger partial charge in [-0.1, -0.05) is 0 Å². The third kappa shape index (κ3) is 2.88. The number of fused-ring (bicyclic) bond motifs is 1. The van der Waals surface area contributed by atoms with Gasteiger partial charge in [0.2, 0.25) is 0 Å². The van der Waals surface area contributed by atoms with E-state index in [1.807, 2.05) is 0 Å². The van der Waals surface area contributed by atoms with Crippen molar-refractivity contribution < 1.29 is 9.90 Å². The highest BCUT2D eigenvalue weighted by atomic mass is 16.3. The van der Waals surface area contributed by atoms with Gasteiger partial charge in [-0.25, -0.2) is 9.98 Å². The Hall–Kier alpha value is -2.02. The lowest BCUT2D eigenvalue weighted by atomic mass is 9.77. The molecule has 0 spiro atoms. The average Bonchev–Trinajstić information content (AvgIpc) is 3.10. The Kier molecular flexibility index (Phi) is 3.75. The molecule has 0 saturated heterocycles. The molecule has 4 aliphatic rings. The Morgan fingerprint density at radius 2 is 2.08 bits per heavy atom. The molecule has 5 rings (SSSR count). The molecule has 0 radical (unpaired) electrons. The zero-order valence-corrected chi connectivity index (χ0v) is 13.7. The van der Waals surface area contributed by atoms with Crippen LogP contribution in [0, 0.1) is 5.92 Å².